The predicted octanol–water partition coefficient (Wildman–Crippen LogP) is 0.485. The smallest absolute Gasteiger partial charge is 0.365 e. The molecule has 21 heavy (non-hydrogen) atoms. The first-order chi connectivity index (χ1) is 9.79. The van der Waals surface area contributed by atoms with E-state index >= 15 is 0 Å². The molecule has 1 saturated carbocycles. The largest absolute Gasteiger partial charge is 0.396 e. The van der Waals surface area contributed by atoms with Gasteiger partial charge in [0.15, 0.2) is 6.10 Å². The summed E-state index contributed by atoms with van der Waals surface area (Å²) in [5.41, 5.74) is -1.77. The number of likely N-dealkylation sites (N-methyl/N-ethyl adjacent to an activating group) is 1. The second-order valence-electron chi connectivity index (χ2n) is 5.36. The molecule has 1 aliphatic heterocycles. The number of nitrogens with zero attached hydrogens (tertiary/aromatic N) is 1. The lowest BCUT2D eigenvalue weighted by molar-refractivity contribution is -0.184. The first kappa shape index (κ1) is 15.9. The highest BCUT2D eigenvalue weighted by Gasteiger charge is 2.63. The maximum Gasteiger partial charge on any atom is 0.396 e. The van der Waals surface area contributed by atoms with Gasteiger partial charge in [0.2, 0.25) is 0 Å². The van der Waals surface area contributed by atoms with Crippen LogP contribution in [0, 0.1) is 5.41 Å². The van der Waals surface area contributed by atoms with Crippen molar-refractivity contribution in [3.63, 3.8) is 0 Å². The third kappa shape index (κ3) is 3.39. The van der Waals surface area contributed by atoms with Gasteiger partial charge in [-0.1, -0.05) is 0 Å². The van der Waals surface area contributed by atoms with Crippen LogP contribution in [0.3, 0.4) is 0 Å². The van der Waals surface area contributed by atoms with Crippen molar-refractivity contribution >= 4 is 11.9 Å². The van der Waals surface area contributed by atoms with E-state index in [4.69, 9.17) is 4.74 Å². The molecule has 3 amide bonds. The third-order valence-electron chi connectivity index (χ3n) is 3.93. The Morgan fingerprint density at radius 3 is 2.57 bits per heavy atom. The van der Waals surface area contributed by atoms with E-state index in [2.05, 4.69) is 10.6 Å². The number of carbonyl (C=O) groups is 2. The Morgan fingerprint density at radius 2 is 2.05 bits per heavy atom. The van der Waals surface area contributed by atoms with Crippen molar-refractivity contribution < 1.29 is 27.5 Å². The normalized spacial score (nSPS) is 24.4. The molecule has 0 aromatic carbocycles. The maximum absolute atomic E-state index is 12.8. The molecular weight excluding hydrogens is 291 g/mol. The molecule has 120 valence electrons. The van der Waals surface area contributed by atoms with Crippen LogP contribution in [0.2, 0.25) is 0 Å². The molecule has 1 unspecified atom stereocenters. The zero-order valence-electron chi connectivity index (χ0n) is 11.6. The van der Waals surface area contributed by atoms with Crippen LogP contribution in [-0.2, 0) is 9.53 Å². The van der Waals surface area contributed by atoms with E-state index in [0.717, 1.165) is 0 Å². The number of urea groups is 1. The van der Waals surface area contributed by atoms with Gasteiger partial charge in [-0.2, -0.15) is 13.2 Å². The predicted molar refractivity (Wildman–Crippen MR) is 66.5 cm³/mol. The standard InChI is InChI=1S/C12H18F3N3O3/c1-16-9(19)8-6-18(4-5-21-8)10(20)17-7-11(2-3-11)12(13,14)15/h8H,2-7H2,1H3,(H,16,19)(H,17,20). The highest BCUT2D eigenvalue weighted by atomic mass is 19.4. The summed E-state index contributed by atoms with van der Waals surface area (Å²) in [6.45, 7) is 0.0378. The summed E-state index contributed by atoms with van der Waals surface area (Å²) in [7, 11) is 1.45. The second kappa shape index (κ2) is 5.70. The molecule has 2 fully saturated rings. The van der Waals surface area contributed by atoms with Gasteiger partial charge >= 0.3 is 12.2 Å². The van der Waals surface area contributed by atoms with Crippen LogP contribution >= 0.6 is 0 Å². The van der Waals surface area contributed by atoms with Gasteiger partial charge < -0.3 is 20.3 Å². The van der Waals surface area contributed by atoms with E-state index in [-0.39, 0.29) is 38.4 Å². The molecule has 0 radical (unpaired) electrons. The van der Waals surface area contributed by atoms with Crippen LogP contribution in [0.15, 0.2) is 0 Å². The maximum atomic E-state index is 12.8. The molecule has 0 spiro atoms. The van der Waals surface area contributed by atoms with Gasteiger partial charge in [0, 0.05) is 20.1 Å². The van der Waals surface area contributed by atoms with Gasteiger partial charge in [-0.15, -0.1) is 0 Å². The number of ether oxygens (including phenoxy) is 1. The van der Waals surface area contributed by atoms with Crippen LogP contribution in [-0.4, -0.2) is 62.4 Å². The van der Waals surface area contributed by atoms with Crippen molar-refractivity contribution in [3.05, 3.63) is 0 Å². The molecule has 1 saturated heterocycles. The van der Waals surface area contributed by atoms with E-state index in [9.17, 15) is 22.8 Å². The van der Waals surface area contributed by atoms with Crippen molar-refractivity contribution in [2.75, 3.05) is 33.3 Å². The van der Waals surface area contributed by atoms with Crippen molar-refractivity contribution in [2.24, 2.45) is 5.41 Å². The zero-order valence-corrected chi connectivity index (χ0v) is 11.6. The monoisotopic (exact) mass is 309 g/mol. The van der Waals surface area contributed by atoms with E-state index < -0.39 is 30.3 Å². The summed E-state index contributed by atoms with van der Waals surface area (Å²) in [5.74, 6) is -0.360. The lowest BCUT2D eigenvalue weighted by Gasteiger charge is -2.32. The number of alkyl halides is 3. The number of nitrogens with one attached hydrogen (secondary N) is 2. The molecule has 6 nitrogen and oxygen atoms in total. The molecule has 2 N–H and O–H groups in total. The molecule has 1 aliphatic carbocycles. The number of carbonyl (C=O) groups excluding carboxylic acids is 2. The van der Waals surface area contributed by atoms with Crippen molar-refractivity contribution in [1.82, 2.24) is 15.5 Å². The number of amides is 3. The van der Waals surface area contributed by atoms with Crippen LogP contribution in [0.4, 0.5) is 18.0 Å². The molecule has 1 heterocycles. The van der Waals surface area contributed by atoms with Crippen LogP contribution in [0.25, 0.3) is 0 Å². The summed E-state index contributed by atoms with van der Waals surface area (Å²) >= 11 is 0. The van der Waals surface area contributed by atoms with Gasteiger partial charge in [0.25, 0.3) is 5.91 Å². The Bertz CT molecular complexity index is 424. The van der Waals surface area contributed by atoms with Crippen molar-refractivity contribution in [1.29, 1.82) is 0 Å². The van der Waals surface area contributed by atoms with Crippen LogP contribution in [0.5, 0.6) is 0 Å². The minimum atomic E-state index is -4.30. The topological polar surface area (TPSA) is 70.7 Å². The van der Waals surface area contributed by atoms with Crippen molar-refractivity contribution in [2.45, 2.75) is 25.1 Å². The van der Waals surface area contributed by atoms with Crippen molar-refractivity contribution in [3.8, 4) is 0 Å². The Kier molecular flexibility index (Phi) is 4.31. The number of hydrogen-bond donors (Lipinski definition) is 2. The van der Waals surface area contributed by atoms with Gasteiger partial charge in [-0.25, -0.2) is 4.79 Å². The fourth-order valence-corrected chi connectivity index (χ4v) is 2.22. The molecule has 0 bridgehead atoms. The Balaban J connectivity index is 1.85. The molecule has 9 heteroatoms. The van der Waals surface area contributed by atoms with E-state index in [1.54, 1.807) is 0 Å². The molecule has 2 rings (SSSR count). The summed E-state index contributed by atoms with van der Waals surface area (Å²) in [6, 6.07) is -0.595. The average Bonchev–Trinajstić information content (AvgIpc) is 3.25. The first-order valence-corrected chi connectivity index (χ1v) is 6.72. The first-order valence-electron chi connectivity index (χ1n) is 6.72. The fraction of sp³-hybridized carbons (Fsp3) is 0.833. The molecule has 2 aliphatic rings. The number of rotatable bonds is 3. The highest BCUT2D eigenvalue weighted by molar-refractivity contribution is 5.82. The molecule has 0 aromatic heterocycles. The SMILES string of the molecule is CNC(=O)C1CN(C(=O)NCC2(C(F)(F)F)CC2)CCO1. The highest BCUT2D eigenvalue weighted by Crippen LogP contribution is 2.57. The Labute approximate surface area is 120 Å². The zero-order chi connectivity index (χ0) is 15.7. The van der Waals surface area contributed by atoms with Crippen LogP contribution in [0.1, 0.15) is 12.8 Å². The summed E-state index contributed by atoms with van der Waals surface area (Å²) in [6.07, 6.45) is -5.00. The number of morpholine rings is 1. The fourth-order valence-electron chi connectivity index (χ4n) is 2.22. The lowest BCUT2D eigenvalue weighted by atomic mass is 10.1. The summed E-state index contributed by atoms with van der Waals surface area (Å²) < 4.78 is 43.5. The summed E-state index contributed by atoms with van der Waals surface area (Å²) in [5, 5.41) is 4.73. The Hall–Kier alpha value is -1.51. The van der Waals surface area contributed by atoms with Gasteiger partial charge in [0.05, 0.1) is 18.6 Å². The van der Waals surface area contributed by atoms with Crippen LogP contribution < -0.4 is 10.6 Å². The number of hydrogen-bond acceptors (Lipinski definition) is 3. The quantitative estimate of drug-likeness (QED) is 0.797. The second-order valence-corrected chi connectivity index (χ2v) is 5.36. The minimum absolute atomic E-state index is 0.0323. The van der Waals surface area contributed by atoms with Gasteiger partial charge in [-0.3, -0.25) is 4.79 Å². The Morgan fingerprint density at radius 1 is 1.38 bits per heavy atom. The van der Waals surface area contributed by atoms with Gasteiger partial charge in [-0.05, 0) is 12.8 Å². The molecular formula is C12H18F3N3O3. The molecule has 0 aromatic rings. The third-order valence-corrected chi connectivity index (χ3v) is 3.93. The van der Waals surface area contributed by atoms with E-state index in [1.807, 2.05) is 0 Å². The van der Waals surface area contributed by atoms with Gasteiger partial charge in [0.1, 0.15) is 0 Å². The minimum Gasteiger partial charge on any atom is -0.365 e. The van der Waals surface area contributed by atoms with E-state index in [0.29, 0.717) is 0 Å². The molecule has 1 atom stereocenters. The average molecular weight is 309 g/mol. The van der Waals surface area contributed by atoms with E-state index in [1.165, 1.54) is 11.9 Å². The summed E-state index contributed by atoms with van der Waals surface area (Å²) in [4.78, 5) is 24.7. The number of halogens is 3. The lowest BCUT2D eigenvalue weighted by Crippen LogP contribution is -2.54.